The average molecular weight is 328 g/mol. The number of hydrogen-bond acceptors (Lipinski definition) is 2. The number of anilines is 1. The van der Waals surface area contributed by atoms with Crippen LogP contribution in [0.2, 0.25) is 0 Å². The Hall–Kier alpha value is -2.05. The second kappa shape index (κ2) is 7.48. The first kappa shape index (κ1) is 17.3. The highest BCUT2D eigenvalue weighted by Gasteiger charge is 2.30. The van der Waals surface area contributed by atoms with E-state index in [9.17, 15) is 22.8 Å². The van der Waals surface area contributed by atoms with Gasteiger partial charge in [0.2, 0.25) is 11.8 Å². The lowest BCUT2D eigenvalue weighted by Gasteiger charge is -2.20. The van der Waals surface area contributed by atoms with Gasteiger partial charge in [0, 0.05) is 11.6 Å². The molecule has 0 unspecified atom stereocenters. The zero-order valence-electron chi connectivity index (χ0n) is 12.6. The van der Waals surface area contributed by atoms with Crippen molar-refractivity contribution in [3.8, 4) is 0 Å². The second-order valence-electron chi connectivity index (χ2n) is 5.68. The Balaban J connectivity index is 1.79. The molecular weight excluding hydrogens is 309 g/mol. The highest BCUT2D eigenvalue weighted by Crippen LogP contribution is 2.29. The number of carbonyl (C=O) groups excluding carboxylic acids is 2. The van der Waals surface area contributed by atoms with Gasteiger partial charge >= 0.3 is 6.18 Å². The lowest BCUT2D eigenvalue weighted by Crippen LogP contribution is -2.37. The number of alkyl halides is 3. The van der Waals surface area contributed by atoms with Crippen molar-refractivity contribution in [3.05, 3.63) is 29.8 Å². The van der Waals surface area contributed by atoms with Gasteiger partial charge in [-0.15, -0.1) is 0 Å². The lowest BCUT2D eigenvalue weighted by atomic mass is 9.89. The van der Waals surface area contributed by atoms with Crippen molar-refractivity contribution in [2.75, 3.05) is 11.9 Å². The normalized spacial score (nSPS) is 16.0. The Morgan fingerprint density at radius 3 is 2.22 bits per heavy atom. The van der Waals surface area contributed by atoms with Gasteiger partial charge in [0.05, 0.1) is 12.1 Å². The van der Waals surface area contributed by atoms with Crippen LogP contribution in [0.4, 0.5) is 18.9 Å². The molecule has 23 heavy (non-hydrogen) atoms. The van der Waals surface area contributed by atoms with Crippen LogP contribution < -0.4 is 10.6 Å². The van der Waals surface area contributed by atoms with E-state index in [1.54, 1.807) is 0 Å². The first-order chi connectivity index (χ1) is 10.9. The maximum Gasteiger partial charge on any atom is 0.416 e. The van der Waals surface area contributed by atoms with Crippen molar-refractivity contribution in [1.29, 1.82) is 0 Å². The number of benzene rings is 1. The molecule has 1 aliphatic carbocycles. The Bertz CT molecular complexity index is 549. The predicted octanol–water partition coefficient (Wildman–Crippen LogP) is 3.34. The topological polar surface area (TPSA) is 58.2 Å². The molecule has 0 saturated heterocycles. The zero-order valence-corrected chi connectivity index (χ0v) is 12.6. The summed E-state index contributed by atoms with van der Waals surface area (Å²) >= 11 is 0. The lowest BCUT2D eigenvalue weighted by molar-refractivity contribution is -0.137. The third-order valence-electron chi connectivity index (χ3n) is 3.90. The summed E-state index contributed by atoms with van der Waals surface area (Å²) in [6.45, 7) is -0.184. The summed E-state index contributed by atoms with van der Waals surface area (Å²) in [5, 5.41) is 5.03. The van der Waals surface area contributed by atoms with E-state index < -0.39 is 17.6 Å². The van der Waals surface area contributed by atoms with E-state index in [1.807, 2.05) is 0 Å². The van der Waals surface area contributed by atoms with E-state index in [4.69, 9.17) is 0 Å². The molecule has 0 radical (unpaired) electrons. The summed E-state index contributed by atoms with van der Waals surface area (Å²) in [5.41, 5.74) is -0.518. The molecule has 0 atom stereocenters. The molecular formula is C16H19F3N2O2. The molecule has 7 heteroatoms. The third-order valence-corrected chi connectivity index (χ3v) is 3.90. The number of rotatable bonds is 4. The summed E-state index contributed by atoms with van der Waals surface area (Å²) in [6, 6.07) is 4.17. The molecule has 1 saturated carbocycles. The van der Waals surface area contributed by atoms with Crippen LogP contribution in [0.5, 0.6) is 0 Å². The molecule has 0 heterocycles. The smallest absolute Gasteiger partial charge is 0.347 e. The van der Waals surface area contributed by atoms with E-state index in [2.05, 4.69) is 10.6 Å². The summed E-state index contributed by atoms with van der Waals surface area (Å²) in [7, 11) is 0. The number of carbonyl (C=O) groups is 2. The van der Waals surface area contributed by atoms with Gasteiger partial charge in [-0.2, -0.15) is 13.2 Å². The predicted molar refractivity (Wildman–Crippen MR) is 79.7 cm³/mol. The Morgan fingerprint density at radius 1 is 1.04 bits per heavy atom. The number of amides is 2. The van der Waals surface area contributed by atoms with E-state index in [0.29, 0.717) is 0 Å². The van der Waals surface area contributed by atoms with Gasteiger partial charge in [-0.05, 0) is 37.1 Å². The summed E-state index contributed by atoms with van der Waals surface area (Å²) in [5.74, 6) is -0.635. The molecule has 1 fully saturated rings. The van der Waals surface area contributed by atoms with E-state index in [1.165, 1.54) is 12.1 Å². The summed E-state index contributed by atoms with van der Waals surface area (Å²) < 4.78 is 37.3. The highest BCUT2D eigenvalue weighted by atomic mass is 19.4. The van der Waals surface area contributed by atoms with E-state index >= 15 is 0 Å². The van der Waals surface area contributed by atoms with E-state index in [0.717, 1.165) is 44.2 Å². The molecule has 1 aliphatic rings. The molecule has 2 N–H and O–H groups in total. The molecule has 2 amide bonds. The van der Waals surface area contributed by atoms with Gasteiger partial charge in [-0.25, -0.2) is 0 Å². The van der Waals surface area contributed by atoms with Crippen LogP contribution >= 0.6 is 0 Å². The quantitative estimate of drug-likeness (QED) is 0.890. The molecule has 126 valence electrons. The Kier molecular flexibility index (Phi) is 5.63. The van der Waals surface area contributed by atoms with Crippen molar-refractivity contribution >= 4 is 17.5 Å². The first-order valence-corrected chi connectivity index (χ1v) is 7.61. The van der Waals surface area contributed by atoms with Crippen molar-refractivity contribution in [1.82, 2.24) is 5.32 Å². The maximum absolute atomic E-state index is 12.4. The van der Waals surface area contributed by atoms with Crippen molar-refractivity contribution in [2.45, 2.75) is 38.3 Å². The standard InChI is InChI=1S/C16H19F3N2O2/c17-16(18,19)12-6-8-13(9-7-12)21-14(22)10-20-15(23)11-4-2-1-3-5-11/h6-9,11H,1-5,10H2,(H,20,23)(H,21,22). The van der Waals surface area contributed by atoms with Crippen molar-refractivity contribution in [2.24, 2.45) is 5.92 Å². The fraction of sp³-hybridized carbons (Fsp3) is 0.500. The van der Waals surface area contributed by atoms with Crippen LogP contribution in [0, 0.1) is 5.92 Å². The minimum absolute atomic E-state index is 0.0392. The van der Waals surface area contributed by atoms with Crippen molar-refractivity contribution < 1.29 is 22.8 Å². The molecule has 0 bridgehead atoms. The number of hydrogen-bond donors (Lipinski definition) is 2. The number of halogens is 3. The monoisotopic (exact) mass is 328 g/mol. The van der Waals surface area contributed by atoms with Crippen LogP contribution in [0.1, 0.15) is 37.7 Å². The Morgan fingerprint density at radius 2 is 1.65 bits per heavy atom. The molecule has 0 aliphatic heterocycles. The summed E-state index contributed by atoms with van der Waals surface area (Å²) in [4.78, 5) is 23.6. The molecule has 1 aromatic carbocycles. The van der Waals surface area contributed by atoms with Gasteiger partial charge in [0.15, 0.2) is 0 Å². The van der Waals surface area contributed by atoms with Crippen LogP contribution in [0.3, 0.4) is 0 Å². The number of nitrogens with one attached hydrogen (secondary N) is 2. The van der Waals surface area contributed by atoms with Crippen LogP contribution in [-0.2, 0) is 15.8 Å². The Labute approximate surface area is 132 Å². The van der Waals surface area contributed by atoms with Gasteiger partial charge < -0.3 is 10.6 Å². The van der Waals surface area contributed by atoms with Gasteiger partial charge in [-0.3, -0.25) is 9.59 Å². The third kappa shape index (κ3) is 5.26. The van der Waals surface area contributed by atoms with Crippen molar-refractivity contribution in [3.63, 3.8) is 0 Å². The fourth-order valence-electron chi connectivity index (χ4n) is 2.62. The van der Waals surface area contributed by atoms with Gasteiger partial charge in [0.1, 0.15) is 0 Å². The maximum atomic E-state index is 12.4. The van der Waals surface area contributed by atoms with Crippen LogP contribution in [0.25, 0.3) is 0 Å². The minimum atomic E-state index is -4.41. The largest absolute Gasteiger partial charge is 0.416 e. The average Bonchev–Trinajstić information content (AvgIpc) is 2.53. The molecule has 2 rings (SSSR count). The molecule has 0 aromatic heterocycles. The fourth-order valence-corrected chi connectivity index (χ4v) is 2.62. The first-order valence-electron chi connectivity index (χ1n) is 7.61. The minimum Gasteiger partial charge on any atom is -0.347 e. The second-order valence-corrected chi connectivity index (χ2v) is 5.68. The van der Waals surface area contributed by atoms with Gasteiger partial charge in [-0.1, -0.05) is 19.3 Å². The zero-order chi connectivity index (χ0) is 16.9. The van der Waals surface area contributed by atoms with E-state index in [-0.39, 0.29) is 24.1 Å². The SMILES string of the molecule is O=C(CNC(=O)C1CCCCC1)Nc1ccc(C(F)(F)F)cc1. The molecule has 1 aromatic rings. The highest BCUT2D eigenvalue weighted by molar-refractivity contribution is 5.94. The molecule has 0 spiro atoms. The summed E-state index contributed by atoms with van der Waals surface area (Å²) in [6.07, 6.45) is 0.457. The molecule has 4 nitrogen and oxygen atoms in total. The van der Waals surface area contributed by atoms with Crippen LogP contribution in [-0.4, -0.2) is 18.4 Å². The van der Waals surface area contributed by atoms with Crippen LogP contribution in [0.15, 0.2) is 24.3 Å². The van der Waals surface area contributed by atoms with Gasteiger partial charge in [0.25, 0.3) is 0 Å².